The molecule has 0 spiro atoms. The van der Waals surface area contributed by atoms with Gasteiger partial charge in [0.15, 0.2) is 21.6 Å². The van der Waals surface area contributed by atoms with Crippen molar-refractivity contribution in [2.75, 3.05) is 14.1 Å². The number of amidine groups is 2. The van der Waals surface area contributed by atoms with Crippen molar-refractivity contribution in [1.82, 2.24) is 9.03 Å². The van der Waals surface area contributed by atoms with E-state index in [-0.39, 0.29) is 21.6 Å². The van der Waals surface area contributed by atoms with Gasteiger partial charge >= 0.3 is 0 Å². The molecule has 0 saturated heterocycles. The number of nitrogens with two attached hydrogens (primary N) is 1. The summed E-state index contributed by atoms with van der Waals surface area (Å²) in [4.78, 5) is 8.30. The van der Waals surface area contributed by atoms with Crippen LogP contribution in [0.4, 0.5) is 11.4 Å². The summed E-state index contributed by atoms with van der Waals surface area (Å²) in [5, 5.41) is 11.6. The molecule has 0 saturated carbocycles. The van der Waals surface area contributed by atoms with E-state index >= 15 is 0 Å². The molecule has 2 aromatic rings. The number of thiol groups is 1. The molecule has 25 heavy (non-hydrogen) atoms. The number of sulfonamides is 1. The Balaban J connectivity index is 2.40. The molecular formula is C14H17N5O3S3. The van der Waals surface area contributed by atoms with Gasteiger partial charge in [-0.05, 0) is 12.1 Å². The number of hydrogen-bond acceptors (Lipinski definition) is 7. The van der Waals surface area contributed by atoms with Gasteiger partial charge in [-0.1, -0.05) is 31.0 Å². The number of thiophene rings is 1. The predicted octanol–water partition coefficient (Wildman–Crippen LogP) is 1.86. The van der Waals surface area contributed by atoms with E-state index in [9.17, 15) is 13.5 Å². The smallest absolute Gasteiger partial charge is 0.255 e. The van der Waals surface area contributed by atoms with Gasteiger partial charge in [0.1, 0.15) is 5.69 Å². The third kappa shape index (κ3) is 4.31. The molecule has 0 aliphatic rings. The summed E-state index contributed by atoms with van der Waals surface area (Å²) in [5.74, 6) is -0.349. The quantitative estimate of drug-likeness (QED) is 0.355. The third-order valence-corrected chi connectivity index (χ3v) is 6.52. The molecule has 0 aliphatic carbocycles. The maximum atomic E-state index is 12.1. The first-order valence-electron chi connectivity index (χ1n) is 6.88. The summed E-state index contributed by atoms with van der Waals surface area (Å²) < 4.78 is 27.6. The van der Waals surface area contributed by atoms with Crippen molar-refractivity contribution in [2.24, 2.45) is 15.7 Å². The predicted molar refractivity (Wildman–Crippen MR) is 104 cm³/mol. The Bertz CT molecular complexity index is 905. The average molecular weight is 400 g/mol. The standard InChI is InChI=1S/C14H17N5O3S3/c1-19(2)25(21,22)14-11(20)10(8-24-14)17-12(15)13(18-23)16-9-6-4-3-5-7-9/h3-8,20,23H,1-2H3,(H2,15,17)(H,16,18). The first kappa shape index (κ1) is 19.2. The fourth-order valence-electron chi connectivity index (χ4n) is 1.71. The Morgan fingerprint density at radius 2 is 1.92 bits per heavy atom. The first-order valence-corrected chi connectivity index (χ1v) is 9.65. The number of nitrogens with zero attached hydrogens (tertiary/aromatic N) is 3. The second-order valence-electron chi connectivity index (χ2n) is 4.95. The van der Waals surface area contributed by atoms with Gasteiger partial charge in [-0.2, -0.15) is 0 Å². The molecule has 0 aliphatic heterocycles. The Kier molecular flexibility index (Phi) is 6.06. The average Bonchev–Trinajstić information content (AvgIpc) is 2.94. The van der Waals surface area contributed by atoms with Crippen LogP contribution in [0.2, 0.25) is 0 Å². The maximum absolute atomic E-state index is 12.1. The van der Waals surface area contributed by atoms with E-state index in [0.717, 1.165) is 15.6 Å². The minimum Gasteiger partial charge on any atom is -0.504 e. The van der Waals surface area contributed by atoms with E-state index in [4.69, 9.17) is 5.73 Å². The van der Waals surface area contributed by atoms with Crippen molar-refractivity contribution >= 4 is 57.2 Å². The number of nitrogens with one attached hydrogen (secondary N) is 1. The summed E-state index contributed by atoms with van der Waals surface area (Å²) >= 11 is 4.81. The fourth-order valence-corrected chi connectivity index (χ4v) is 4.23. The summed E-state index contributed by atoms with van der Waals surface area (Å²) in [6.07, 6.45) is 0. The molecule has 4 N–H and O–H groups in total. The Morgan fingerprint density at radius 3 is 2.48 bits per heavy atom. The van der Waals surface area contributed by atoms with Crippen LogP contribution in [0.15, 0.2) is 49.9 Å². The second kappa shape index (κ2) is 7.87. The molecule has 1 aromatic carbocycles. The highest BCUT2D eigenvalue weighted by molar-refractivity contribution is 7.91. The summed E-state index contributed by atoms with van der Waals surface area (Å²) in [6, 6.07) is 9.00. The van der Waals surface area contributed by atoms with Crippen molar-refractivity contribution in [3.8, 4) is 5.75 Å². The SMILES string of the molecule is CN(C)S(=O)(=O)c1scc(N=C(N)C(=Nc2ccccc2)NS)c1O. The molecule has 134 valence electrons. The largest absolute Gasteiger partial charge is 0.504 e. The van der Waals surface area contributed by atoms with Gasteiger partial charge in [0.25, 0.3) is 10.0 Å². The van der Waals surface area contributed by atoms with E-state index in [1.165, 1.54) is 19.5 Å². The fraction of sp³-hybridized carbons (Fsp3) is 0.143. The number of aliphatic imine (C=N–C) groups is 2. The highest BCUT2D eigenvalue weighted by Gasteiger charge is 2.26. The van der Waals surface area contributed by atoms with E-state index in [1.807, 2.05) is 18.2 Å². The van der Waals surface area contributed by atoms with Crippen LogP contribution in [-0.4, -0.2) is 43.6 Å². The highest BCUT2D eigenvalue weighted by atomic mass is 32.2. The van der Waals surface area contributed by atoms with Crippen LogP contribution in [0.25, 0.3) is 0 Å². The lowest BCUT2D eigenvalue weighted by atomic mass is 10.3. The van der Waals surface area contributed by atoms with Crippen molar-refractivity contribution < 1.29 is 13.5 Å². The van der Waals surface area contributed by atoms with E-state index in [1.54, 1.807) is 12.1 Å². The topological polar surface area (TPSA) is 120 Å². The van der Waals surface area contributed by atoms with Gasteiger partial charge in [0, 0.05) is 19.5 Å². The number of aromatic hydroxyl groups is 1. The zero-order chi connectivity index (χ0) is 18.6. The Labute approximate surface area is 155 Å². The molecule has 11 heteroatoms. The first-order chi connectivity index (χ1) is 11.8. The zero-order valence-corrected chi connectivity index (χ0v) is 15.9. The zero-order valence-electron chi connectivity index (χ0n) is 13.4. The van der Waals surface area contributed by atoms with E-state index in [0.29, 0.717) is 5.69 Å². The molecule has 1 heterocycles. The van der Waals surface area contributed by atoms with Crippen LogP contribution < -0.4 is 10.5 Å². The monoisotopic (exact) mass is 399 g/mol. The molecule has 0 fully saturated rings. The van der Waals surface area contributed by atoms with Crippen LogP contribution in [0.3, 0.4) is 0 Å². The van der Waals surface area contributed by atoms with Crippen LogP contribution in [0, 0.1) is 0 Å². The highest BCUT2D eigenvalue weighted by Crippen LogP contribution is 2.40. The lowest BCUT2D eigenvalue weighted by Crippen LogP contribution is -2.31. The number of para-hydroxylation sites is 1. The van der Waals surface area contributed by atoms with Crippen molar-refractivity contribution in [3.05, 3.63) is 35.7 Å². The normalized spacial score (nSPS) is 13.3. The molecule has 8 nitrogen and oxygen atoms in total. The van der Waals surface area contributed by atoms with E-state index in [2.05, 4.69) is 27.5 Å². The molecule has 0 atom stereocenters. The van der Waals surface area contributed by atoms with Crippen LogP contribution in [-0.2, 0) is 10.0 Å². The van der Waals surface area contributed by atoms with Gasteiger partial charge in [0.2, 0.25) is 0 Å². The van der Waals surface area contributed by atoms with Crippen molar-refractivity contribution in [2.45, 2.75) is 4.21 Å². The number of hydrogen-bond donors (Lipinski definition) is 4. The summed E-state index contributed by atoms with van der Waals surface area (Å²) in [6.45, 7) is 0. The van der Waals surface area contributed by atoms with Gasteiger partial charge in [-0.25, -0.2) is 22.7 Å². The Hall–Kier alpha value is -2.08. The number of rotatable bonds is 4. The van der Waals surface area contributed by atoms with Crippen molar-refractivity contribution in [3.63, 3.8) is 0 Å². The molecular weight excluding hydrogens is 382 g/mol. The lowest BCUT2D eigenvalue weighted by molar-refractivity contribution is 0.459. The lowest BCUT2D eigenvalue weighted by Gasteiger charge is -2.09. The minimum atomic E-state index is -3.77. The molecule has 0 radical (unpaired) electrons. The minimum absolute atomic E-state index is 0.0345. The van der Waals surface area contributed by atoms with Crippen molar-refractivity contribution in [1.29, 1.82) is 0 Å². The van der Waals surface area contributed by atoms with Crippen LogP contribution in [0.1, 0.15) is 0 Å². The van der Waals surface area contributed by atoms with Crippen LogP contribution in [0.5, 0.6) is 5.75 Å². The Morgan fingerprint density at radius 1 is 1.28 bits per heavy atom. The maximum Gasteiger partial charge on any atom is 0.255 e. The van der Waals surface area contributed by atoms with Gasteiger partial charge in [-0.15, -0.1) is 11.3 Å². The van der Waals surface area contributed by atoms with Gasteiger partial charge < -0.3 is 15.6 Å². The van der Waals surface area contributed by atoms with E-state index < -0.39 is 15.8 Å². The molecule has 1 aromatic heterocycles. The van der Waals surface area contributed by atoms with Crippen LogP contribution >= 0.6 is 24.2 Å². The molecule has 0 bridgehead atoms. The van der Waals surface area contributed by atoms with Gasteiger partial charge in [0.05, 0.1) is 5.69 Å². The third-order valence-electron chi connectivity index (χ3n) is 3.02. The molecule has 0 unspecified atom stereocenters. The summed E-state index contributed by atoms with van der Waals surface area (Å²) in [7, 11) is -1.01. The molecule has 0 amide bonds. The number of benzene rings is 1. The van der Waals surface area contributed by atoms with Gasteiger partial charge in [-0.3, -0.25) is 0 Å². The second-order valence-corrected chi connectivity index (χ2v) is 8.40. The molecule has 2 rings (SSSR count). The summed E-state index contributed by atoms with van der Waals surface area (Å²) in [5.41, 5.74) is 6.56.